The van der Waals surface area contributed by atoms with E-state index in [1.165, 1.54) is 6.07 Å². The first-order valence-corrected chi connectivity index (χ1v) is 5.01. The van der Waals surface area contributed by atoms with Gasteiger partial charge in [-0.1, -0.05) is 6.07 Å². The van der Waals surface area contributed by atoms with Crippen LogP contribution in [0.4, 0.5) is 0 Å². The third-order valence-corrected chi connectivity index (χ3v) is 1.98. The monoisotopic (exact) mass is 244 g/mol. The molecule has 1 atom stereocenters. The lowest BCUT2D eigenvalue weighted by atomic mass is 10.1. The van der Waals surface area contributed by atoms with Gasteiger partial charge in [0.1, 0.15) is 6.10 Å². The zero-order valence-electron chi connectivity index (χ0n) is 9.87. The minimum Gasteiger partial charge on any atom is -0.386 e. The number of aliphatic hydroxyl groups is 1. The third-order valence-electron chi connectivity index (χ3n) is 1.98. The number of pyridine rings is 1. The normalized spacial score (nSPS) is 13.0. The molecule has 0 saturated carbocycles. The highest BCUT2D eigenvalue weighted by Crippen LogP contribution is 2.08. The fourth-order valence-electron chi connectivity index (χ4n) is 1.17. The van der Waals surface area contributed by atoms with Crippen molar-refractivity contribution in [3.63, 3.8) is 0 Å². The molecular weight excluding hydrogens is 224 g/mol. The zero-order chi connectivity index (χ0) is 11.5. The number of hydrogen-bond acceptors (Lipinski definition) is 3. The Morgan fingerprint density at radius 3 is 2.56 bits per heavy atom. The molecule has 16 heavy (non-hydrogen) atoms. The van der Waals surface area contributed by atoms with Crippen LogP contribution < -0.4 is 10.9 Å². The molecule has 1 heterocycles. The van der Waals surface area contributed by atoms with E-state index < -0.39 is 6.10 Å². The second-order valence-electron chi connectivity index (χ2n) is 4.62. The molecule has 1 rings (SSSR count). The van der Waals surface area contributed by atoms with E-state index in [4.69, 9.17) is 0 Å². The molecule has 0 aliphatic heterocycles. The van der Waals surface area contributed by atoms with Crippen LogP contribution in [0.5, 0.6) is 0 Å². The van der Waals surface area contributed by atoms with Crippen molar-refractivity contribution < 1.29 is 5.11 Å². The van der Waals surface area contributed by atoms with Gasteiger partial charge in [-0.15, -0.1) is 0 Å². The van der Waals surface area contributed by atoms with Crippen LogP contribution in [0.25, 0.3) is 0 Å². The molecule has 0 unspecified atom stereocenters. The molecule has 92 valence electrons. The lowest BCUT2D eigenvalue weighted by Gasteiger charge is -2.22. The van der Waals surface area contributed by atoms with Crippen molar-refractivity contribution in [3.8, 4) is 0 Å². The number of β-amino-alcohol motifs (C(OH)–C–C–N with tert-alkyl or cyclic N) is 1. The topological polar surface area (TPSA) is 65.1 Å². The Morgan fingerprint density at radius 2 is 2.06 bits per heavy atom. The Bertz CT molecular complexity index is 371. The van der Waals surface area contributed by atoms with E-state index in [1.54, 1.807) is 12.1 Å². The average Bonchev–Trinajstić information content (AvgIpc) is 2.13. The zero-order valence-corrected chi connectivity index (χ0v) is 10.9. The quantitative estimate of drug-likeness (QED) is 0.740. The molecule has 0 amide bonds. The van der Waals surface area contributed by atoms with Gasteiger partial charge in [-0.2, -0.15) is 13.5 Å². The fourth-order valence-corrected chi connectivity index (χ4v) is 1.17. The van der Waals surface area contributed by atoms with Crippen LogP contribution in [0.2, 0.25) is 0 Å². The molecule has 0 radical (unpaired) electrons. The van der Waals surface area contributed by atoms with E-state index in [2.05, 4.69) is 10.3 Å². The van der Waals surface area contributed by atoms with Gasteiger partial charge in [-0.3, -0.25) is 4.79 Å². The molecule has 0 aliphatic carbocycles. The summed E-state index contributed by atoms with van der Waals surface area (Å²) in [6.45, 7) is 6.48. The van der Waals surface area contributed by atoms with Crippen molar-refractivity contribution >= 4 is 13.5 Å². The average molecular weight is 244 g/mol. The van der Waals surface area contributed by atoms with E-state index in [0.717, 1.165) is 0 Å². The molecule has 1 aromatic rings. The lowest BCUT2D eigenvalue weighted by molar-refractivity contribution is 0.158. The minimum absolute atomic E-state index is 0. The summed E-state index contributed by atoms with van der Waals surface area (Å²) >= 11 is 0. The Labute approximate surface area is 103 Å². The van der Waals surface area contributed by atoms with Crippen LogP contribution >= 0.6 is 13.5 Å². The summed E-state index contributed by atoms with van der Waals surface area (Å²) in [5, 5.41) is 12.9. The minimum atomic E-state index is -0.682. The number of aliphatic hydroxyl groups excluding tert-OH is 1. The second-order valence-corrected chi connectivity index (χ2v) is 4.62. The summed E-state index contributed by atoms with van der Waals surface area (Å²) in [4.78, 5) is 13.6. The molecule has 0 aliphatic rings. The standard InChI is InChI=1S/C11H18N2O2.H2S/c1-11(2,3)12-7-9(14)8-5-4-6-10(15)13-8;/h4-6,9,12,14H,7H2,1-3H3,(H,13,15);1H2/t9-;/m0./s1. The Kier molecular flexibility index (Phi) is 5.78. The molecule has 3 N–H and O–H groups in total. The SMILES string of the molecule is CC(C)(C)NC[C@H](O)c1cccc(=O)[nH]1.S. The molecule has 0 spiro atoms. The number of H-pyrrole nitrogens is 1. The first kappa shape index (κ1) is 15.2. The van der Waals surface area contributed by atoms with Gasteiger partial charge >= 0.3 is 0 Å². The summed E-state index contributed by atoms with van der Waals surface area (Å²) in [6.07, 6.45) is -0.682. The predicted octanol–water partition coefficient (Wildman–Crippen LogP) is 0.909. The predicted molar refractivity (Wildman–Crippen MR) is 70.2 cm³/mol. The largest absolute Gasteiger partial charge is 0.386 e. The fraction of sp³-hybridized carbons (Fsp3) is 0.545. The van der Waals surface area contributed by atoms with Gasteiger partial charge < -0.3 is 15.4 Å². The maximum Gasteiger partial charge on any atom is 0.248 e. The lowest BCUT2D eigenvalue weighted by Crippen LogP contribution is -2.38. The molecule has 0 aromatic carbocycles. The maximum absolute atomic E-state index is 11.0. The van der Waals surface area contributed by atoms with Crippen molar-refractivity contribution in [2.45, 2.75) is 32.4 Å². The molecule has 0 saturated heterocycles. The number of hydrogen-bond donors (Lipinski definition) is 3. The Balaban J connectivity index is 0.00000225. The number of aromatic amines is 1. The van der Waals surface area contributed by atoms with Gasteiger partial charge in [0, 0.05) is 23.8 Å². The summed E-state index contributed by atoms with van der Waals surface area (Å²) < 4.78 is 0. The van der Waals surface area contributed by atoms with Crippen molar-refractivity contribution in [2.75, 3.05) is 6.54 Å². The molecule has 4 nitrogen and oxygen atoms in total. The van der Waals surface area contributed by atoms with Gasteiger partial charge in [-0.25, -0.2) is 0 Å². The van der Waals surface area contributed by atoms with E-state index in [1.807, 2.05) is 20.8 Å². The van der Waals surface area contributed by atoms with Gasteiger partial charge in [-0.05, 0) is 26.8 Å². The Morgan fingerprint density at radius 1 is 1.44 bits per heavy atom. The highest BCUT2D eigenvalue weighted by molar-refractivity contribution is 7.59. The first-order chi connectivity index (χ1) is 6.88. The van der Waals surface area contributed by atoms with E-state index >= 15 is 0 Å². The van der Waals surface area contributed by atoms with Crippen LogP contribution in [0.1, 0.15) is 32.6 Å². The third kappa shape index (κ3) is 5.34. The van der Waals surface area contributed by atoms with Gasteiger partial charge in [0.25, 0.3) is 0 Å². The molecular formula is C11H20N2O2S. The smallest absolute Gasteiger partial charge is 0.248 e. The number of aromatic nitrogens is 1. The van der Waals surface area contributed by atoms with Crippen LogP contribution in [0, 0.1) is 0 Å². The highest BCUT2D eigenvalue weighted by atomic mass is 32.1. The number of nitrogens with one attached hydrogen (secondary N) is 2. The summed E-state index contributed by atoms with van der Waals surface area (Å²) in [7, 11) is 0. The maximum atomic E-state index is 11.0. The highest BCUT2D eigenvalue weighted by Gasteiger charge is 2.13. The Hall–Kier alpha value is -0.780. The van der Waals surface area contributed by atoms with Gasteiger partial charge in [0.15, 0.2) is 0 Å². The van der Waals surface area contributed by atoms with Crippen molar-refractivity contribution in [3.05, 3.63) is 34.2 Å². The summed E-state index contributed by atoms with van der Waals surface area (Å²) in [6, 6.07) is 4.76. The van der Waals surface area contributed by atoms with Crippen LogP contribution in [-0.2, 0) is 0 Å². The van der Waals surface area contributed by atoms with E-state index in [-0.39, 0.29) is 24.6 Å². The van der Waals surface area contributed by atoms with Crippen LogP contribution in [0.3, 0.4) is 0 Å². The molecule has 0 fully saturated rings. The summed E-state index contributed by atoms with van der Waals surface area (Å²) in [5.41, 5.74) is 0.303. The van der Waals surface area contributed by atoms with E-state index in [9.17, 15) is 9.90 Å². The van der Waals surface area contributed by atoms with E-state index in [0.29, 0.717) is 12.2 Å². The van der Waals surface area contributed by atoms with Crippen molar-refractivity contribution in [1.29, 1.82) is 0 Å². The summed E-state index contributed by atoms with van der Waals surface area (Å²) in [5.74, 6) is 0. The van der Waals surface area contributed by atoms with Crippen molar-refractivity contribution in [1.82, 2.24) is 10.3 Å². The molecule has 5 heteroatoms. The van der Waals surface area contributed by atoms with Crippen LogP contribution in [-0.4, -0.2) is 22.2 Å². The first-order valence-electron chi connectivity index (χ1n) is 5.01. The van der Waals surface area contributed by atoms with Crippen molar-refractivity contribution in [2.24, 2.45) is 0 Å². The second kappa shape index (κ2) is 6.08. The molecule has 0 bridgehead atoms. The number of rotatable bonds is 3. The molecule has 1 aromatic heterocycles. The van der Waals surface area contributed by atoms with Gasteiger partial charge in [0.05, 0.1) is 0 Å². The van der Waals surface area contributed by atoms with Gasteiger partial charge in [0.2, 0.25) is 5.56 Å². The van der Waals surface area contributed by atoms with Crippen LogP contribution in [0.15, 0.2) is 23.0 Å².